The maximum absolute atomic E-state index is 13.0. The van der Waals surface area contributed by atoms with Crippen LogP contribution in [0.25, 0.3) is 0 Å². The maximum atomic E-state index is 13.0. The van der Waals surface area contributed by atoms with Gasteiger partial charge >= 0.3 is 0 Å². The van der Waals surface area contributed by atoms with Gasteiger partial charge in [0.2, 0.25) is 10.0 Å². The zero-order valence-corrected chi connectivity index (χ0v) is 10.8. The SMILES string of the molecule is CCNCCNS(=O)(=O)c1ccc(F)c(C)c1. The molecule has 0 bridgehead atoms. The van der Waals surface area contributed by atoms with Crippen LogP contribution in [0, 0.1) is 12.7 Å². The van der Waals surface area contributed by atoms with Crippen molar-refractivity contribution in [1.29, 1.82) is 0 Å². The minimum absolute atomic E-state index is 0.0906. The van der Waals surface area contributed by atoms with Crippen LogP contribution in [0.4, 0.5) is 4.39 Å². The highest BCUT2D eigenvalue weighted by molar-refractivity contribution is 7.89. The molecule has 0 heterocycles. The number of likely N-dealkylation sites (N-methyl/N-ethyl adjacent to an activating group) is 1. The number of hydrogen-bond acceptors (Lipinski definition) is 3. The van der Waals surface area contributed by atoms with E-state index < -0.39 is 15.8 Å². The lowest BCUT2D eigenvalue weighted by atomic mass is 10.2. The van der Waals surface area contributed by atoms with Gasteiger partial charge in [-0.1, -0.05) is 6.92 Å². The van der Waals surface area contributed by atoms with Crippen LogP contribution in [0.2, 0.25) is 0 Å². The van der Waals surface area contributed by atoms with Crippen molar-refractivity contribution in [3.63, 3.8) is 0 Å². The third-order valence-corrected chi connectivity index (χ3v) is 3.74. The molecular weight excluding hydrogens is 243 g/mol. The second-order valence-electron chi connectivity index (χ2n) is 3.66. The van der Waals surface area contributed by atoms with E-state index in [-0.39, 0.29) is 4.90 Å². The van der Waals surface area contributed by atoms with Crippen LogP contribution in [0.15, 0.2) is 23.1 Å². The van der Waals surface area contributed by atoms with E-state index in [1.54, 1.807) is 0 Å². The summed E-state index contributed by atoms with van der Waals surface area (Å²) >= 11 is 0. The van der Waals surface area contributed by atoms with Gasteiger partial charge in [-0.25, -0.2) is 17.5 Å². The number of rotatable bonds is 6. The highest BCUT2D eigenvalue weighted by Crippen LogP contribution is 2.13. The van der Waals surface area contributed by atoms with Gasteiger partial charge in [-0.2, -0.15) is 0 Å². The third-order valence-electron chi connectivity index (χ3n) is 2.28. The molecule has 17 heavy (non-hydrogen) atoms. The van der Waals surface area contributed by atoms with Crippen LogP contribution in [-0.2, 0) is 10.0 Å². The molecule has 96 valence electrons. The Hall–Kier alpha value is -0.980. The summed E-state index contributed by atoms with van der Waals surface area (Å²) in [6, 6.07) is 3.75. The average Bonchev–Trinajstić information content (AvgIpc) is 2.28. The molecule has 1 aromatic carbocycles. The first-order chi connectivity index (χ1) is 7.97. The Morgan fingerprint density at radius 3 is 2.59 bits per heavy atom. The predicted molar refractivity (Wildman–Crippen MR) is 64.9 cm³/mol. The van der Waals surface area contributed by atoms with Crippen LogP contribution in [0.5, 0.6) is 0 Å². The summed E-state index contributed by atoms with van der Waals surface area (Å²) in [7, 11) is -3.54. The molecule has 0 amide bonds. The molecule has 1 rings (SSSR count). The standard InChI is InChI=1S/C11H17FN2O2S/c1-3-13-6-7-14-17(15,16)10-4-5-11(12)9(2)8-10/h4-5,8,13-14H,3,6-7H2,1-2H3. The van der Waals surface area contributed by atoms with E-state index in [4.69, 9.17) is 0 Å². The number of benzene rings is 1. The fourth-order valence-electron chi connectivity index (χ4n) is 1.32. The molecule has 2 N–H and O–H groups in total. The molecule has 0 unspecified atom stereocenters. The Morgan fingerprint density at radius 1 is 1.29 bits per heavy atom. The first-order valence-corrected chi connectivity index (χ1v) is 6.92. The van der Waals surface area contributed by atoms with Crippen molar-refractivity contribution in [3.8, 4) is 0 Å². The highest BCUT2D eigenvalue weighted by Gasteiger charge is 2.14. The lowest BCUT2D eigenvalue weighted by Gasteiger charge is -2.08. The number of aryl methyl sites for hydroxylation is 1. The fraction of sp³-hybridized carbons (Fsp3) is 0.455. The molecule has 0 atom stereocenters. The third kappa shape index (κ3) is 4.07. The number of hydrogen-bond donors (Lipinski definition) is 2. The Balaban J connectivity index is 2.72. The highest BCUT2D eigenvalue weighted by atomic mass is 32.2. The van der Waals surface area contributed by atoms with Crippen LogP contribution in [-0.4, -0.2) is 28.1 Å². The molecule has 0 saturated heterocycles. The van der Waals surface area contributed by atoms with Gasteiger partial charge in [0.25, 0.3) is 0 Å². The van der Waals surface area contributed by atoms with Gasteiger partial charge < -0.3 is 5.32 Å². The van der Waals surface area contributed by atoms with E-state index in [1.165, 1.54) is 19.1 Å². The van der Waals surface area contributed by atoms with Crippen molar-refractivity contribution in [2.45, 2.75) is 18.7 Å². The van der Waals surface area contributed by atoms with Gasteiger partial charge in [-0.3, -0.25) is 0 Å². The van der Waals surface area contributed by atoms with E-state index in [2.05, 4.69) is 10.0 Å². The predicted octanol–water partition coefficient (Wildman–Crippen LogP) is 1.02. The van der Waals surface area contributed by atoms with E-state index >= 15 is 0 Å². The lowest BCUT2D eigenvalue weighted by Crippen LogP contribution is -2.31. The quantitative estimate of drug-likeness (QED) is 0.751. The van der Waals surface area contributed by atoms with Crippen LogP contribution in [0.3, 0.4) is 0 Å². The molecular formula is C11H17FN2O2S. The van der Waals surface area contributed by atoms with Crippen molar-refractivity contribution in [2.24, 2.45) is 0 Å². The summed E-state index contributed by atoms with van der Waals surface area (Å²) < 4.78 is 39.1. The molecule has 0 fully saturated rings. The molecule has 0 aliphatic heterocycles. The summed E-state index contributed by atoms with van der Waals surface area (Å²) in [4.78, 5) is 0.0906. The molecule has 0 aliphatic rings. The Kier molecular flexibility index (Phi) is 5.04. The molecule has 4 nitrogen and oxygen atoms in total. The van der Waals surface area contributed by atoms with E-state index in [0.717, 1.165) is 12.6 Å². The zero-order chi connectivity index (χ0) is 12.9. The minimum Gasteiger partial charge on any atom is -0.316 e. The van der Waals surface area contributed by atoms with Crippen molar-refractivity contribution in [2.75, 3.05) is 19.6 Å². The molecule has 6 heteroatoms. The zero-order valence-electron chi connectivity index (χ0n) is 9.96. The summed E-state index contributed by atoms with van der Waals surface area (Å²) in [5.41, 5.74) is 0.319. The summed E-state index contributed by atoms with van der Waals surface area (Å²) in [6.07, 6.45) is 0. The van der Waals surface area contributed by atoms with Gasteiger partial charge in [0.05, 0.1) is 4.90 Å². The van der Waals surface area contributed by atoms with Crippen molar-refractivity contribution in [1.82, 2.24) is 10.0 Å². The van der Waals surface area contributed by atoms with Crippen molar-refractivity contribution < 1.29 is 12.8 Å². The Labute approximate surface area is 101 Å². The normalized spacial score (nSPS) is 11.7. The van der Waals surface area contributed by atoms with Gasteiger partial charge in [0.1, 0.15) is 5.82 Å². The second kappa shape index (κ2) is 6.09. The van der Waals surface area contributed by atoms with Gasteiger partial charge in [0, 0.05) is 13.1 Å². The van der Waals surface area contributed by atoms with E-state index in [0.29, 0.717) is 18.7 Å². The molecule has 0 spiro atoms. The number of halogens is 1. The van der Waals surface area contributed by atoms with Gasteiger partial charge in [-0.05, 0) is 37.2 Å². The topological polar surface area (TPSA) is 58.2 Å². The minimum atomic E-state index is -3.54. The summed E-state index contributed by atoms with van der Waals surface area (Å²) in [5, 5.41) is 3.01. The monoisotopic (exact) mass is 260 g/mol. The molecule has 1 aromatic rings. The van der Waals surface area contributed by atoms with Gasteiger partial charge in [-0.15, -0.1) is 0 Å². The maximum Gasteiger partial charge on any atom is 0.240 e. The molecule has 0 radical (unpaired) electrons. The number of nitrogens with one attached hydrogen (secondary N) is 2. The van der Waals surface area contributed by atoms with Crippen LogP contribution < -0.4 is 10.0 Å². The van der Waals surface area contributed by atoms with Crippen molar-refractivity contribution >= 4 is 10.0 Å². The smallest absolute Gasteiger partial charge is 0.240 e. The first-order valence-electron chi connectivity index (χ1n) is 5.44. The van der Waals surface area contributed by atoms with Crippen molar-refractivity contribution in [3.05, 3.63) is 29.6 Å². The fourth-order valence-corrected chi connectivity index (χ4v) is 2.43. The number of sulfonamides is 1. The van der Waals surface area contributed by atoms with Crippen LogP contribution in [0.1, 0.15) is 12.5 Å². The van der Waals surface area contributed by atoms with Gasteiger partial charge in [0.15, 0.2) is 0 Å². The molecule has 0 aromatic heterocycles. The Bertz CT molecular complexity index is 474. The van der Waals surface area contributed by atoms with E-state index in [9.17, 15) is 12.8 Å². The molecule has 0 saturated carbocycles. The van der Waals surface area contributed by atoms with E-state index in [1.807, 2.05) is 6.92 Å². The summed E-state index contributed by atoms with van der Waals surface area (Å²) in [5.74, 6) is -0.406. The first kappa shape index (κ1) is 14.1. The van der Waals surface area contributed by atoms with Crippen LogP contribution >= 0.6 is 0 Å². The second-order valence-corrected chi connectivity index (χ2v) is 5.43. The summed E-state index contributed by atoms with van der Waals surface area (Å²) in [6.45, 7) is 5.14. The average molecular weight is 260 g/mol. The largest absolute Gasteiger partial charge is 0.316 e. The Morgan fingerprint density at radius 2 is 2.00 bits per heavy atom. The molecule has 0 aliphatic carbocycles. The lowest BCUT2D eigenvalue weighted by molar-refractivity contribution is 0.576.